The normalized spacial score (nSPS) is 19.6. The Morgan fingerprint density at radius 2 is 1.52 bits per heavy atom. The van der Waals surface area contributed by atoms with Crippen molar-refractivity contribution in [2.75, 3.05) is 39.4 Å². The SMILES string of the molecule is NCc1cccc(C2CCN(C(=O)c3cccc(OC[C@]4(c5ccccc5)OB(c5cccc6[nH]c(C(=O)N7CCC8(CC7)COc7ccc(CN)cc78)cc56)OC4=O)c3)CC2)c1. The number of nitrogens with two attached hydrogens (primary N) is 2. The lowest BCUT2D eigenvalue weighted by atomic mass is 9.74. The molecule has 3 fully saturated rings. The Labute approximate surface area is 366 Å². The first kappa shape index (κ1) is 40.7. The lowest BCUT2D eigenvalue weighted by Crippen LogP contribution is -2.46. The van der Waals surface area contributed by atoms with Crippen molar-refractivity contribution in [3.05, 3.63) is 160 Å². The molecule has 6 aromatic rings. The lowest BCUT2D eigenvalue weighted by molar-refractivity contribution is -0.146. The van der Waals surface area contributed by atoms with E-state index in [0.717, 1.165) is 48.1 Å². The number of H-pyrrole nitrogens is 1. The number of likely N-dealkylation sites (tertiary alicyclic amines) is 2. The van der Waals surface area contributed by atoms with Crippen LogP contribution in [0.4, 0.5) is 0 Å². The summed E-state index contributed by atoms with van der Waals surface area (Å²) in [5.74, 6) is 0.932. The number of amides is 2. The average molecular weight is 844 g/mol. The average Bonchev–Trinajstić information content (AvgIpc) is 4.04. The number of rotatable bonds is 10. The Hall–Kier alpha value is -6.41. The van der Waals surface area contributed by atoms with E-state index < -0.39 is 18.7 Å². The zero-order valence-electron chi connectivity index (χ0n) is 35.1. The summed E-state index contributed by atoms with van der Waals surface area (Å²) in [7, 11) is -1.09. The molecule has 1 aromatic heterocycles. The fourth-order valence-corrected chi connectivity index (χ4v) is 9.88. The van der Waals surface area contributed by atoms with Crippen LogP contribution in [0.25, 0.3) is 10.9 Å². The monoisotopic (exact) mass is 843 g/mol. The minimum Gasteiger partial charge on any atom is -0.503 e. The number of carbonyl (C=O) groups is 3. The van der Waals surface area contributed by atoms with Crippen LogP contribution < -0.4 is 26.4 Å². The molecule has 5 aromatic carbocycles. The maximum atomic E-state index is 14.1. The fourth-order valence-electron chi connectivity index (χ4n) is 9.88. The largest absolute Gasteiger partial charge is 0.566 e. The molecule has 13 heteroatoms. The lowest BCUT2D eigenvalue weighted by Gasteiger charge is -2.38. The summed E-state index contributed by atoms with van der Waals surface area (Å²) in [4.78, 5) is 49.1. The van der Waals surface area contributed by atoms with Crippen molar-refractivity contribution in [1.82, 2.24) is 14.8 Å². The van der Waals surface area contributed by atoms with Gasteiger partial charge in [0.25, 0.3) is 11.8 Å². The molecule has 12 nitrogen and oxygen atoms in total. The highest BCUT2D eigenvalue weighted by Crippen LogP contribution is 2.46. The maximum Gasteiger partial charge on any atom is 0.566 e. The molecule has 1 atom stereocenters. The third-order valence-corrected chi connectivity index (χ3v) is 13.6. The quantitative estimate of drug-likeness (QED) is 0.142. The first-order valence-electron chi connectivity index (χ1n) is 21.9. The fraction of sp³-hybridized carbons (Fsp3) is 0.300. The van der Waals surface area contributed by atoms with E-state index in [1.807, 2.05) is 82.6 Å². The Balaban J connectivity index is 0.835. The van der Waals surface area contributed by atoms with Gasteiger partial charge >= 0.3 is 13.1 Å². The molecule has 4 aliphatic heterocycles. The van der Waals surface area contributed by atoms with E-state index in [4.69, 9.17) is 30.2 Å². The van der Waals surface area contributed by atoms with E-state index in [2.05, 4.69) is 29.2 Å². The number of aromatic nitrogens is 1. The van der Waals surface area contributed by atoms with Crippen LogP contribution in [0.15, 0.2) is 121 Å². The van der Waals surface area contributed by atoms with Gasteiger partial charge in [-0.3, -0.25) is 14.4 Å². The van der Waals surface area contributed by atoms with Gasteiger partial charge in [-0.2, -0.15) is 0 Å². The Bertz CT molecular complexity index is 2690. The Morgan fingerprint density at radius 1 is 0.778 bits per heavy atom. The number of nitrogens with zero attached hydrogens (tertiary/aromatic N) is 2. The van der Waals surface area contributed by atoms with Crippen molar-refractivity contribution in [2.24, 2.45) is 11.5 Å². The number of aromatic amines is 1. The predicted octanol–water partition coefficient (Wildman–Crippen LogP) is 5.91. The zero-order valence-corrected chi connectivity index (χ0v) is 35.1. The molecular weight excluding hydrogens is 793 g/mol. The summed E-state index contributed by atoms with van der Waals surface area (Å²) in [5, 5.41) is 0.712. The van der Waals surface area contributed by atoms with Crippen LogP contribution in [0, 0.1) is 0 Å². The van der Waals surface area contributed by atoms with Crippen LogP contribution in [-0.2, 0) is 38.2 Å². The van der Waals surface area contributed by atoms with E-state index >= 15 is 0 Å². The summed E-state index contributed by atoms with van der Waals surface area (Å²) in [6, 6.07) is 38.2. The number of ether oxygens (including phenoxy) is 2. The molecule has 0 aliphatic carbocycles. The van der Waals surface area contributed by atoms with Gasteiger partial charge in [0.15, 0.2) is 0 Å². The molecule has 320 valence electrons. The summed E-state index contributed by atoms with van der Waals surface area (Å²) < 4.78 is 25.2. The van der Waals surface area contributed by atoms with Gasteiger partial charge < -0.3 is 45.0 Å². The zero-order chi connectivity index (χ0) is 43.1. The van der Waals surface area contributed by atoms with Gasteiger partial charge in [-0.1, -0.05) is 84.9 Å². The van der Waals surface area contributed by atoms with E-state index in [-0.39, 0.29) is 23.8 Å². The van der Waals surface area contributed by atoms with Crippen molar-refractivity contribution < 1.29 is 33.2 Å². The van der Waals surface area contributed by atoms with Crippen molar-refractivity contribution in [1.29, 1.82) is 0 Å². The molecule has 5 heterocycles. The molecular formula is C50H50BN5O7. The summed E-state index contributed by atoms with van der Waals surface area (Å²) >= 11 is 0. The molecule has 0 bridgehead atoms. The number of hydrogen-bond donors (Lipinski definition) is 3. The first-order chi connectivity index (χ1) is 30.8. The number of benzene rings is 5. The molecule has 0 radical (unpaired) electrons. The second-order valence-electron chi connectivity index (χ2n) is 17.3. The van der Waals surface area contributed by atoms with Gasteiger partial charge in [-0.15, -0.1) is 0 Å². The molecule has 0 saturated carbocycles. The minimum atomic E-state index is -1.62. The van der Waals surface area contributed by atoms with Gasteiger partial charge in [0, 0.05) is 72.2 Å². The Kier molecular flexibility index (Phi) is 10.8. The van der Waals surface area contributed by atoms with Crippen LogP contribution in [0.1, 0.15) is 80.3 Å². The van der Waals surface area contributed by atoms with Crippen molar-refractivity contribution in [3.63, 3.8) is 0 Å². The van der Waals surface area contributed by atoms with Crippen LogP contribution in [0.3, 0.4) is 0 Å². The van der Waals surface area contributed by atoms with E-state index in [0.29, 0.717) is 85.2 Å². The molecule has 2 amide bonds. The van der Waals surface area contributed by atoms with E-state index in [9.17, 15) is 14.4 Å². The van der Waals surface area contributed by atoms with Gasteiger partial charge in [-0.25, -0.2) is 0 Å². The van der Waals surface area contributed by atoms with Crippen LogP contribution in [0.2, 0.25) is 0 Å². The summed E-state index contributed by atoms with van der Waals surface area (Å²) in [6.07, 6.45) is 3.30. The highest BCUT2D eigenvalue weighted by molar-refractivity contribution is 6.67. The van der Waals surface area contributed by atoms with Crippen molar-refractivity contribution in [2.45, 2.75) is 55.7 Å². The van der Waals surface area contributed by atoms with Crippen LogP contribution in [0.5, 0.6) is 11.5 Å². The first-order valence-corrected chi connectivity index (χ1v) is 21.9. The second-order valence-corrected chi connectivity index (χ2v) is 17.3. The topological polar surface area (TPSA) is 162 Å². The molecule has 5 N–H and O–H groups in total. The number of nitrogens with one attached hydrogen (secondary N) is 1. The summed E-state index contributed by atoms with van der Waals surface area (Å²) in [5.41, 5.74) is 17.6. The molecule has 1 spiro atoms. The van der Waals surface area contributed by atoms with Gasteiger partial charge in [0.1, 0.15) is 23.8 Å². The van der Waals surface area contributed by atoms with E-state index in [1.54, 1.807) is 24.3 Å². The maximum absolute atomic E-state index is 14.1. The Morgan fingerprint density at radius 3 is 2.32 bits per heavy atom. The third-order valence-electron chi connectivity index (χ3n) is 13.6. The van der Waals surface area contributed by atoms with Gasteiger partial charge in [0.05, 0.1) is 6.61 Å². The summed E-state index contributed by atoms with van der Waals surface area (Å²) in [6.45, 7) is 3.82. The standard InChI is InChI=1S/C50H50BN5O7/c52-29-33-7-4-8-36(25-33)35-17-21-55(22-18-35)46(57)37-9-5-12-39(27-37)60-32-50(38-10-2-1-3-11-38)48(59)62-51(63-50)42-13-6-14-43-40(42)28-44(54-43)47(58)56-23-19-49(20-24-56)31-61-45-16-15-34(30-53)26-41(45)49/h1-16,25-28,35,54H,17-24,29-32,52-53H2/t50-/m1/s1. The molecule has 10 rings (SSSR count). The van der Waals surface area contributed by atoms with Crippen molar-refractivity contribution >= 4 is 41.3 Å². The molecule has 4 aliphatic rings. The molecule has 0 unspecified atom stereocenters. The molecule has 63 heavy (non-hydrogen) atoms. The second kappa shape index (κ2) is 16.7. The molecule has 3 saturated heterocycles. The van der Waals surface area contributed by atoms with Gasteiger partial charge in [0.2, 0.25) is 5.60 Å². The van der Waals surface area contributed by atoms with Crippen LogP contribution in [-0.4, -0.2) is 79.1 Å². The third kappa shape index (κ3) is 7.53. The smallest absolute Gasteiger partial charge is 0.503 e. The minimum absolute atomic E-state index is 0.0683. The van der Waals surface area contributed by atoms with Crippen LogP contribution >= 0.6 is 0 Å². The number of hydrogen-bond acceptors (Lipinski definition) is 9. The number of fused-ring (bicyclic) bond motifs is 3. The number of piperidine rings is 2. The number of carbonyl (C=O) groups excluding carboxylic acids is 3. The predicted molar refractivity (Wildman–Crippen MR) is 240 cm³/mol. The highest BCUT2D eigenvalue weighted by atomic mass is 16.7. The highest BCUT2D eigenvalue weighted by Gasteiger charge is 2.56. The van der Waals surface area contributed by atoms with Crippen molar-refractivity contribution in [3.8, 4) is 11.5 Å². The van der Waals surface area contributed by atoms with Gasteiger partial charge in [-0.05, 0) is 90.3 Å². The van der Waals surface area contributed by atoms with E-state index in [1.165, 1.54) is 11.1 Å².